The maximum atomic E-state index is 10.3. The van der Waals surface area contributed by atoms with Gasteiger partial charge in [-0.25, -0.2) is 0 Å². The van der Waals surface area contributed by atoms with E-state index in [-0.39, 0.29) is 0 Å². The fraction of sp³-hybridized carbons (Fsp3) is 0.562. The molecule has 0 spiro atoms. The summed E-state index contributed by atoms with van der Waals surface area (Å²) >= 11 is 0. The van der Waals surface area contributed by atoms with Crippen LogP contribution in [0.2, 0.25) is 0 Å². The average molecular weight is 293 g/mol. The molecule has 1 aromatic carbocycles. The van der Waals surface area contributed by atoms with E-state index in [1.165, 1.54) is 21.3 Å². The number of unbranched alkanes of at least 4 members (excludes halogenated alkanes) is 1. The topological polar surface area (TPSA) is 71.7 Å². The number of hydrogen-bond acceptors (Lipinski definition) is 5. The molecule has 21 heavy (non-hydrogen) atoms. The molecule has 0 fully saturated rings. The Kier molecular flexibility index (Phi) is 6.83. The van der Waals surface area contributed by atoms with Crippen LogP contribution in [0.4, 0.5) is 0 Å². The molecule has 1 N–H and O–H groups in total. The van der Waals surface area contributed by atoms with E-state index in [4.69, 9.17) is 14.2 Å². The predicted molar refractivity (Wildman–Crippen MR) is 80.0 cm³/mol. The largest absolute Gasteiger partial charge is 0.493 e. The Labute approximate surface area is 126 Å². The summed E-state index contributed by atoms with van der Waals surface area (Å²) < 4.78 is 15.9. The standard InChI is InChI=1S/C16H23NO4/c1-5-6-7-13(18)12(10-17)11-8-9-14(19-2)16(21-4)15(11)20-3/h8-9,12-13,18H,5-7H2,1-4H3. The van der Waals surface area contributed by atoms with Gasteiger partial charge in [0.15, 0.2) is 11.5 Å². The van der Waals surface area contributed by atoms with Gasteiger partial charge in [-0.1, -0.05) is 19.8 Å². The molecule has 5 nitrogen and oxygen atoms in total. The van der Waals surface area contributed by atoms with Crippen molar-refractivity contribution in [1.29, 1.82) is 5.26 Å². The zero-order valence-corrected chi connectivity index (χ0v) is 13.0. The number of methoxy groups -OCH3 is 3. The van der Waals surface area contributed by atoms with Crippen molar-refractivity contribution in [2.75, 3.05) is 21.3 Å². The quantitative estimate of drug-likeness (QED) is 0.798. The number of rotatable bonds is 8. The van der Waals surface area contributed by atoms with Crippen LogP contribution >= 0.6 is 0 Å². The average Bonchev–Trinajstić information content (AvgIpc) is 2.52. The van der Waals surface area contributed by atoms with Gasteiger partial charge in [0.1, 0.15) is 5.92 Å². The highest BCUT2D eigenvalue weighted by Gasteiger charge is 2.27. The summed E-state index contributed by atoms with van der Waals surface area (Å²) in [6.07, 6.45) is 1.68. The number of aliphatic hydroxyl groups excluding tert-OH is 1. The Morgan fingerprint density at radius 2 is 1.81 bits per heavy atom. The zero-order chi connectivity index (χ0) is 15.8. The van der Waals surface area contributed by atoms with Gasteiger partial charge < -0.3 is 19.3 Å². The Hall–Kier alpha value is -1.93. The van der Waals surface area contributed by atoms with Crippen molar-refractivity contribution < 1.29 is 19.3 Å². The molecule has 0 saturated carbocycles. The molecule has 0 amide bonds. The summed E-state index contributed by atoms with van der Waals surface area (Å²) in [5, 5.41) is 19.7. The lowest BCUT2D eigenvalue weighted by Gasteiger charge is -2.21. The fourth-order valence-corrected chi connectivity index (χ4v) is 2.31. The van der Waals surface area contributed by atoms with Gasteiger partial charge in [0, 0.05) is 5.56 Å². The van der Waals surface area contributed by atoms with Crippen molar-refractivity contribution in [3.8, 4) is 23.3 Å². The SMILES string of the molecule is CCCCC(O)C(C#N)c1ccc(OC)c(OC)c1OC. The maximum Gasteiger partial charge on any atom is 0.203 e. The summed E-state index contributed by atoms with van der Waals surface area (Å²) in [6.45, 7) is 2.05. The highest BCUT2D eigenvalue weighted by molar-refractivity contribution is 5.57. The lowest BCUT2D eigenvalue weighted by atomic mass is 9.90. The first-order chi connectivity index (χ1) is 10.1. The molecule has 0 saturated heterocycles. The van der Waals surface area contributed by atoms with Crippen LogP contribution in [0.1, 0.15) is 37.7 Å². The third-order valence-electron chi connectivity index (χ3n) is 3.45. The van der Waals surface area contributed by atoms with Crippen molar-refractivity contribution >= 4 is 0 Å². The van der Waals surface area contributed by atoms with E-state index in [0.717, 1.165) is 12.8 Å². The maximum absolute atomic E-state index is 10.3. The number of ether oxygens (including phenoxy) is 3. The molecule has 5 heteroatoms. The first-order valence-electron chi connectivity index (χ1n) is 7.01. The van der Waals surface area contributed by atoms with Crippen molar-refractivity contribution in [2.24, 2.45) is 0 Å². The lowest BCUT2D eigenvalue weighted by molar-refractivity contribution is 0.147. The van der Waals surface area contributed by atoms with Crippen LogP contribution in [0, 0.1) is 11.3 Å². The van der Waals surface area contributed by atoms with Crippen LogP contribution < -0.4 is 14.2 Å². The minimum Gasteiger partial charge on any atom is -0.493 e. The van der Waals surface area contributed by atoms with Crippen LogP contribution in [-0.2, 0) is 0 Å². The van der Waals surface area contributed by atoms with Crippen LogP contribution in [-0.4, -0.2) is 32.5 Å². The minimum absolute atomic E-state index is 0.430. The molecule has 0 aliphatic carbocycles. The molecule has 116 valence electrons. The second-order valence-corrected chi connectivity index (χ2v) is 4.74. The Morgan fingerprint density at radius 1 is 1.14 bits per heavy atom. The van der Waals surface area contributed by atoms with Gasteiger partial charge in [0.2, 0.25) is 5.75 Å². The normalized spacial score (nSPS) is 13.1. The van der Waals surface area contributed by atoms with Crippen molar-refractivity contribution in [3.05, 3.63) is 17.7 Å². The molecule has 0 heterocycles. The van der Waals surface area contributed by atoms with Gasteiger partial charge in [-0.15, -0.1) is 0 Å². The molecule has 0 radical (unpaired) electrons. The summed E-state index contributed by atoms with van der Waals surface area (Å²) in [4.78, 5) is 0. The lowest BCUT2D eigenvalue weighted by Crippen LogP contribution is -2.18. The molecular weight excluding hydrogens is 270 g/mol. The third kappa shape index (κ3) is 3.79. The highest BCUT2D eigenvalue weighted by Crippen LogP contribution is 2.43. The van der Waals surface area contributed by atoms with Crippen LogP contribution in [0.5, 0.6) is 17.2 Å². The molecule has 0 aliphatic rings. The summed E-state index contributed by atoms with van der Waals surface area (Å²) in [5.74, 6) is 0.725. The van der Waals surface area contributed by atoms with Crippen LogP contribution in [0.25, 0.3) is 0 Å². The van der Waals surface area contributed by atoms with Gasteiger partial charge >= 0.3 is 0 Å². The van der Waals surface area contributed by atoms with Crippen molar-refractivity contribution in [2.45, 2.75) is 38.2 Å². The van der Waals surface area contributed by atoms with E-state index in [0.29, 0.717) is 29.2 Å². The molecule has 2 atom stereocenters. The van der Waals surface area contributed by atoms with Gasteiger partial charge in [0.05, 0.1) is 33.5 Å². The fourth-order valence-electron chi connectivity index (χ4n) is 2.31. The number of aliphatic hydroxyl groups is 1. The summed E-state index contributed by atoms with van der Waals surface area (Å²) in [6, 6.07) is 5.62. The minimum atomic E-state index is -0.734. The van der Waals surface area contributed by atoms with E-state index in [1.54, 1.807) is 12.1 Å². The summed E-state index contributed by atoms with van der Waals surface area (Å²) in [7, 11) is 4.56. The molecule has 2 unspecified atom stereocenters. The zero-order valence-electron chi connectivity index (χ0n) is 13.0. The Balaban J connectivity index is 3.24. The molecule has 1 aromatic rings. The summed E-state index contributed by atoms with van der Waals surface area (Å²) in [5.41, 5.74) is 0.612. The second-order valence-electron chi connectivity index (χ2n) is 4.74. The van der Waals surface area contributed by atoms with E-state index < -0.39 is 12.0 Å². The first-order valence-corrected chi connectivity index (χ1v) is 7.01. The predicted octanol–water partition coefficient (Wildman–Crippen LogP) is 2.87. The van der Waals surface area contributed by atoms with E-state index in [9.17, 15) is 10.4 Å². The Bertz CT molecular complexity index is 496. The number of nitriles is 1. The molecule has 0 bridgehead atoms. The van der Waals surface area contributed by atoms with Gasteiger partial charge in [0.25, 0.3) is 0 Å². The van der Waals surface area contributed by atoms with Gasteiger partial charge in [-0.2, -0.15) is 5.26 Å². The second kappa shape index (κ2) is 8.38. The smallest absolute Gasteiger partial charge is 0.203 e. The van der Waals surface area contributed by atoms with E-state index >= 15 is 0 Å². The molecule has 0 aromatic heterocycles. The number of benzene rings is 1. The van der Waals surface area contributed by atoms with Crippen molar-refractivity contribution in [1.82, 2.24) is 0 Å². The number of nitrogens with zero attached hydrogens (tertiary/aromatic N) is 1. The van der Waals surface area contributed by atoms with Crippen LogP contribution in [0.15, 0.2) is 12.1 Å². The van der Waals surface area contributed by atoms with Crippen molar-refractivity contribution in [3.63, 3.8) is 0 Å². The third-order valence-corrected chi connectivity index (χ3v) is 3.45. The van der Waals surface area contributed by atoms with E-state index in [2.05, 4.69) is 6.07 Å². The number of hydrogen-bond donors (Lipinski definition) is 1. The van der Waals surface area contributed by atoms with Crippen LogP contribution in [0.3, 0.4) is 0 Å². The molecule has 0 aliphatic heterocycles. The molecular formula is C16H23NO4. The van der Waals surface area contributed by atoms with Gasteiger partial charge in [-0.3, -0.25) is 0 Å². The monoisotopic (exact) mass is 293 g/mol. The first kappa shape index (κ1) is 17.1. The Morgan fingerprint density at radius 3 is 2.29 bits per heavy atom. The molecule has 1 rings (SSSR count). The van der Waals surface area contributed by atoms with E-state index in [1.807, 2.05) is 6.92 Å². The van der Waals surface area contributed by atoms with Gasteiger partial charge in [-0.05, 0) is 18.6 Å². The highest BCUT2D eigenvalue weighted by atomic mass is 16.5.